The Morgan fingerprint density at radius 2 is 1.94 bits per heavy atom. The van der Waals surface area contributed by atoms with Gasteiger partial charge in [0.1, 0.15) is 5.60 Å². The summed E-state index contributed by atoms with van der Waals surface area (Å²) >= 11 is 0. The molecule has 0 saturated carbocycles. The van der Waals surface area contributed by atoms with E-state index < -0.39 is 17.3 Å². The Bertz CT molecular complexity index is 1050. The number of carbonyl (C=O) groups is 2. The molecular weight excluding hydrogens is 448 g/mol. The smallest absolute Gasteiger partial charge is 0.410 e. The van der Waals surface area contributed by atoms with Crippen molar-refractivity contribution in [3.63, 3.8) is 0 Å². The molecule has 2 aliphatic heterocycles. The van der Waals surface area contributed by atoms with Gasteiger partial charge in [0.25, 0.3) is 5.91 Å². The molecule has 0 bridgehead atoms. The minimum atomic E-state index is -0.856. The second-order valence-corrected chi connectivity index (χ2v) is 10.8. The number of para-hydroxylation sites is 1. The van der Waals surface area contributed by atoms with Crippen LogP contribution in [0.5, 0.6) is 0 Å². The molecule has 3 heterocycles. The summed E-state index contributed by atoms with van der Waals surface area (Å²) in [5, 5.41) is 19.5. The number of nitrogens with one attached hydrogen (secondary N) is 1. The lowest BCUT2D eigenvalue weighted by Crippen LogP contribution is -2.57. The van der Waals surface area contributed by atoms with Gasteiger partial charge in [-0.1, -0.05) is 18.2 Å². The van der Waals surface area contributed by atoms with Gasteiger partial charge in [-0.15, -0.1) is 0 Å². The summed E-state index contributed by atoms with van der Waals surface area (Å²) in [5.41, 5.74) is -0.182. The first kappa shape index (κ1) is 25.4. The molecule has 2 saturated heterocycles. The van der Waals surface area contributed by atoms with E-state index in [-0.39, 0.29) is 18.0 Å². The zero-order valence-electron chi connectivity index (χ0n) is 21.2. The molecule has 0 aliphatic carbocycles. The summed E-state index contributed by atoms with van der Waals surface area (Å²) in [6.07, 6.45) is 2.53. The van der Waals surface area contributed by atoms with Gasteiger partial charge in [0.2, 0.25) is 0 Å². The second kappa shape index (κ2) is 10.1. The van der Waals surface area contributed by atoms with Crippen molar-refractivity contribution >= 4 is 22.9 Å². The Kier molecular flexibility index (Phi) is 7.38. The predicted molar refractivity (Wildman–Crippen MR) is 132 cm³/mol. The summed E-state index contributed by atoms with van der Waals surface area (Å²) in [4.78, 5) is 28.1. The number of piperidine rings is 1. The first-order valence-electron chi connectivity index (χ1n) is 12.6. The molecule has 0 radical (unpaired) electrons. The van der Waals surface area contributed by atoms with Crippen LogP contribution < -0.4 is 5.32 Å². The van der Waals surface area contributed by atoms with Crippen LogP contribution in [0.25, 0.3) is 10.9 Å². The largest absolute Gasteiger partial charge is 0.444 e. The fraction of sp³-hybridized carbons (Fsp3) is 0.654. The molecule has 2 fully saturated rings. The van der Waals surface area contributed by atoms with Crippen molar-refractivity contribution in [1.82, 2.24) is 20.0 Å². The van der Waals surface area contributed by atoms with Gasteiger partial charge in [0.05, 0.1) is 11.1 Å². The van der Waals surface area contributed by atoms with E-state index in [0.717, 1.165) is 10.9 Å². The molecule has 9 heteroatoms. The lowest BCUT2D eigenvalue weighted by atomic mass is 9.83. The number of nitrogens with zero attached hydrogens (tertiary/aromatic N) is 3. The van der Waals surface area contributed by atoms with E-state index >= 15 is 0 Å². The number of hydrogen-bond donors (Lipinski definition) is 2. The number of hydrogen-bond acceptors (Lipinski definition) is 6. The molecule has 0 unspecified atom stereocenters. The number of aliphatic hydroxyl groups is 1. The van der Waals surface area contributed by atoms with Gasteiger partial charge in [0, 0.05) is 43.8 Å². The molecule has 35 heavy (non-hydrogen) atoms. The van der Waals surface area contributed by atoms with Crippen molar-refractivity contribution in [3.05, 3.63) is 30.0 Å². The number of amides is 2. The quantitative estimate of drug-likeness (QED) is 0.670. The van der Waals surface area contributed by atoms with E-state index in [9.17, 15) is 14.7 Å². The molecule has 2 aromatic rings. The fourth-order valence-electron chi connectivity index (χ4n) is 5.09. The van der Waals surface area contributed by atoms with Gasteiger partial charge < -0.3 is 24.8 Å². The molecule has 1 aromatic heterocycles. The number of likely N-dealkylation sites (tertiary alicyclic amines) is 1. The number of ether oxygens (including phenoxy) is 2. The molecule has 4 rings (SSSR count). The molecule has 2 atom stereocenters. The van der Waals surface area contributed by atoms with Crippen LogP contribution >= 0.6 is 0 Å². The molecule has 2 amide bonds. The average molecular weight is 487 g/mol. The van der Waals surface area contributed by atoms with E-state index in [1.54, 1.807) is 4.90 Å². The third-order valence-electron chi connectivity index (χ3n) is 6.88. The topological polar surface area (TPSA) is 106 Å². The van der Waals surface area contributed by atoms with Crippen LogP contribution in [-0.2, 0) is 16.0 Å². The second-order valence-electron chi connectivity index (χ2n) is 10.8. The summed E-state index contributed by atoms with van der Waals surface area (Å²) in [6, 6.07) is 7.30. The number of carbonyl (C=O) groups excluding carboxylic acids is 2. The van der Waals surface area contributed by atoms with Crippen LogP contribution in [0.3, 0.4) is 0 Å². The molecule has 2 aliphatic rings. The van der Waals surface area contributed by atoms with Crippen LogP contribution in [0.2, 0.25) is 0 Å². The van der Waals surface area contributed by atoms with E-state index in [2.05, 4.69) is 10.4 Å². The minimum absolute atomic E-state index is 0.166. The highest BCUT2D eigenvalue weighted by atomic mass is 16.6. The number of aryl methyl sites for hydroxylation is 1. The molecule has 9 nitrogen and oxygen atoms in total. The SMILES string of the molecule is CCn1nc(C(=O)N[C@H]2CC[C@@H](CC3(O)CCOCC3)N(C(=O)OC(C)(C)C)C2)c2ccccc21. The summed E-state index contributed by atoms with van der Waals surface area (Å²) in [6.45, 7) is 9.54. The fourth-order valence-corrected chi connectivity index (χ4v) is 5.09. The summed E-state index contributed by atoms with van der Waals surface area (Å²) < 4.78 is 12.9. The van der Waals surface area contributed by atoms with E-state index in [0.29, 0.717) is 64.1 Å². The van der Waals surface area contributed by atoms with Crippen LogP contribution in [0.1, 0.15) is 70.3 Å². The Morgan fingerprint density at radius 3 is 2.63 bits per heavy atom. The van der Waals surface area contributed by atoms with Gasteiger partial charge in [0.15, 0.2) is 5.69 Å². The highest BCUT2D eigenvalue weighted by Crippen LogP contribution is 2.32. The first-order chi connectivity index (χ1) is 16.6. The lowest BCUT2D eigenvalue weighted by Gasteiger charge is -2.44. The maximum absolute atomic E-state index is 13.2. The monoisotopic (exact) mass is 486 g/mol. The maximum Gasteiger partial charge on any atom is 0.410 e. The van der Waals surface area contributed by atoms with Gasteiger partial charge in [-0.2, -0.15) is 5.10 Å². The average Bonchev–Trinajstić information content (AvgIpc) is 3.18. The van der Waals surface area contributed by atoms with Gasteiger partial charge in [-0.3, -0.25) is 9.48 Å². The van der Waals surface area contributed by atoms with Crippen molar-refractivity contribution in [1.29, 1.82) is 0 Å². The predicted octanol–water partition coefficient (Wildman–Crippen LogP) is 3.49. The number of aromatic nitrogens is 2. The van der Waals surface area contributed by atoms with Crippen molar-refractivity contribution < 1.29 is 24.2 Å². The Balaban J connectivity index is 1.50. The van der Waals surface area contributed by atoms with E-state index in [4.69, 9.17) is 9.47 Å². The number of fused-ring (bicyclic) bond motifs is 1. The normalized spacial score (nSPS) is 22.7. The number of rotatable bonds is 5. The zero-order valence-corrected chi connectivity index (χ0v) is 21.2. The van der Waals surface area contributed by atoms with E-state index in [1.165, 1.54) is 0 Å². The van der Waals surface area contributed by atoms with Crippen LogP contribution in [0.15, 0.2) is 24.3 Å². The van der Waals surface area contributed by atoms with Crippen molar-refractivity contribution in [2.24, 2.45) is 0 Å². The third kappa shape index (κ3) is 5.95. The highest BCUT2D eigenvalue weighted by molar-refractivity contribution is 6.05. The molecular formula is C26H38N4O5. The standard InChI is InChI=1S/C26H38N4O5/c1-5-30-21-9-7-6-8-20(21)22(28-30)23(31)27-18-10-11-19(16-26(33)12-14-34-15-13-26)29(17-18)24(32)35-25(2,3)4/h6-9,18-19,33H,5,10-17H2,1-4H3,(H,27,31)/t18-,19-/m0/s1. The molecule has 0 spiro atoms. The van der Waals surface area contributed by atoms with Crippen LogP contribution in [0.4, 0.5) is 4.79 Å². The Morgan fingerprint density at radius 1 is 1.23 bits per heavy atom. The summed E-state index contributed by atoms with van der Waals surface area (Å²) in [7, 11) is 0. The maximum atomic E-state index is 13.2. The Hall–Kier alpha value is -2.65. The molecule has 192 valence electrons. The molecule has 2 N–H and O–H groups in total. The van der Waals surface area contributed by atoms with Crippen molar-refractivity contribution in [2.45, 2.75) is 89.6 Å². The minimum Gasteiger partial charge on any atom is -0.444 e. The van der Waals surface area contributed by atoms with Crippen molar-refractivity contribution in [2.75, 3.05) is 19.8 Å². The lowest BCUT2D eigenvalue weighted by molar-refractivity contribution is -0.0848. The first-order valence-corrected chi connectivity index (χ1v) is 12.6. The van der Waals surface area contributed by atoms with Crippen molar-refractivity contribution in [3.8, 4) is 0 Å². The van der Waals surface area contributed by atoms with Gasteiger partial charge >= 0.3 is 6.09 Å². The molecule has 1 aromatic carbocycles. The van der Waals surface area contributed by atoms with Crippen LogP contribution in [0, 0.1) is 0 Å². The highest BCUT2D eigenvalue weighted by Gasteiger charge is 2.41. The zero-order chi connectivity index (χ0) is 25.2. The van der Waals surface area contributed by atoms with E-state index in [1.807, 2.05) is 56.6 Å². The van der Waals surface area contributed by atoms with Gasteiger partial charge in [-0.05, 0) is 65.9 Å². The Labute approximate surface area is 206 Å². The third-order valence-corrected chi connectivity index (χ3v) is 6.88. The number of benzene rings is 1. The van der Waals surface area contributed by atoms with Crippen LogP contribution in [-0.4, -0.2) is 74.8 Å². The van der Waals surface area contributed by atoms with Gasteiger partial charge in [-0.25, -0.2) is 4.79 Å². The summed E-state index contributed by atoms with van der Waals surface area (Å²) in [5.74, 6) is -0.246.